The molecular formula is C18H15NO4. The standard InChI is InChI=1S/C18H15NO4/c1-22-18(21)14-9-15-13(16(20)7-8-19-15)10-17(14)23-11-12-5-3-2-4-6-12/h2-10H,11H2,1H3,(H,19,20). The molecule has 23 heavy (non-hydrogen) atoms. The van der Waals surface area contributed by atoms with Gasteiger partial charge in [-0.25, -0.2) is 4.79 Å². The van der Waals surface area contributed by atoms with E-state index >= 15 is 0 Å². The summed E-state index contributed by atoms with van der Waals surface area (Å²) in [6, 6.07) is 14.3. The van der Waals surface area contributed by atoms with Gasteiger partial charge in [0.2, 0.25) is 0 Å². The lowest BCUT2D eigenvalue weighted by Crippen LogP contribution is -2.06. The van der Waals surface area contributed by atoms with Gasteiger partial charge < -0.3 is 14.6 Å². The lowest BCUT2D eigenvalue weighted by atomic mass is 10.1. The van der Waals surface area contributed by atoms with E-state index in [2.05, 4.69) is 4.98 Å². The van der Waals surface area contributed by atoms with Crippen molar-refractivity contribution >= 4 is 16.9 Å². The van der Waals surface area contributed by atoms with Crippen molar-refractivity contribution in [3.63, 3.8) is 0 Å². The van der Waals surface area contributed by atoms with Gasteiger partial charge in [0.05, 0.1) is 12.6 Å². The number of hydrogen-bond donors (Lipinski definition) is 1. The predicted octanol–water partition coefficient (Wildman–Crippen LogP) is 3.31. The van der Waals surface area contributed by atoms with E-state index in [1.165, 1.54) is 19.4 Å². The summed E-state index contributed by atoms with van der Waals surface area (Å²) in [5, 5.41) is 10.5. The molecule has 1 N–H and O–H groups in total. The molecule has 0 unspecified atom stereocenters. The summed E-state index contributed by atoms with van der Waals surface area (Å²) < 4.78 is 10.6. The zero-order valence-electron chi connectivity index (χ0n) is 12.5. The second kappa shape index (κ2) is 6.36. The largest absolute Gasteiger partial charge is 0.507 e. The lowest BCUT2D eigenvalue weighted by molar-refractivity contribution is 0.0595. The number of pyridine rings is 1. The maximum atomic E-state index is 12.0. The lowest BCUT2D eigenvalue weighted by Gasteiger charge is -2.12. The third kappa shape index (κ3) is 3.08. The number of aromatic nitrogens is 1. The molecule has 0 fully saturated rings. The molecule has 0 aliphatic heterocycles. The van der Waals surface area contributed by atoms with E-state index in [0.717, 1.165) is 5.56 Å². The first-order chi connectivity index (χ1) is 11.2. The molecule has 2 aromatic carbocycles. The van der Waals surface area contributed by atoms with Gasteiger partial charge in [0.25, 0.3) is 0 Å². The molecule has 0 saturated heterocycles. The molecule has 0 spiro atoms. The number of aromatic hydroxyl groups is 1. The normalized spacial score (nSPS) is 10.5. The van der Waals surface area contributed by atoms with E-state index in [1.54, 1.807) is 12.1 Å². The van der Waals surface area contributed by atoms with Crippen LogP contribution >= 0.6 is 0 Å². The smallest absolute Gasteiger partial charge is 0.341 e. The van der Waals surface area contributed by atoms with Crippen molar-refractivity contribution in [2.45, 2.75) is 6.61 Å². The van der Waals surface area contributed by atoms with Crippen LogP contribution < -0.4 is 4.74 Å². The molecule has 0 saturated carbocycles. The molecule has 116 valence electrons. The highest BCUT2D eigenvalue weighted by molar-refractivity contribution is 5.98. The molecule has 5 nitrogen and oxygen atoms in total. The quantitative estimate of drug-likeness (QED) is 0.749. The highest BCUT2D eigenvalue weighted by Crippen LogP contribution is 2.31. The Balaban J connectivity index is 2.02. The average Bonchev–Trinajstić information content (AvgIpc) is 2.60. The Kier molecular flexibility index (Phi) is 4.10. The average molecular weight is 309 g/mol. The number of esters is 1. The van der Waals surface area contributed by atoms with Gasteiger partial charge in [-0.3, -0.25) is 4.98 Å². The Labute approximate surface area is 133 Å². The predicted molar refractivity (Wildman–Crippen MR) is 85.5 cm³/mol. The zero-order valence-corrected chi connectivity index (χ0v) is 12.5. The van der Waals surface area contributed by atoms with Crippen LogP contribution in [0.25, 0.3) is 10.9 Å². The van der Waals surface area contributed by atoms with Gasteiger partial charge in [-0.15, -0.1) is 0 Å². The third-order valence-corrected chi connectivity index (χ3v) is 3.46. The second-order valence-corrected chi connectivity index (χ2v) is 4.96. The Hall–Kier alpha value is -3.08. The molecule has 5 heteroatoms. The van der Waals surface area contributed by atoms with Crippen LogP contribution in [0.2, 0.25) is 0 Å². The van der Waals surface area contributed by atoms with Crippen molar-refractivity contribution < 1.29 is 19.4 Å². The van der Waals surface area contributed by atoms with Crippen LogP contribution in [0.4, 0.5) is 0 Å². The molecule has 1 aromatic heterocycles. The van der Waals surface area contributed by atoms with Gasteiger partial charge in [-0.05, 0) is 23.8 Å². The number of nitrogens with zero attached hydrogens (tertiary/aromatic N) is 1. The molecule has 1 heterocycles. The van der Waals surface area contributed by atoms with Crippen molar-refractivity contribution in [3.8, 4) is 11.5 Å². The monoisotopic (exact) mass is 309 g/mol. The van der Waals surface area contributed by atoms with Crippen molar-refractivity contribution in [2.75, 3.05) is 7.11 Å². The summed E-state index contributed by atoms with van der Waals surface area (Å²) in [4.78, 5) is 16.1. The molecule has 0 radical (unpaired) electrons. The minimum Gasteiger partial charge on any atom is -0.507 e. The topological polar surface area (TPSA) is 68.7 Å². The minimum atomic E-state index is -0.514. The molecule has 3 aromatic rings. The van der Waals surface area contributed by atoms with E-state index in [4.69, 9.17) is 9.47 Å². The van der Waals surface area contributed by atoms with Crippen LogP contribution in [-0.4, -0.2) is 23.2 Å². The fraction of sp³-hybridized carbons (Fsp3) is 0.111. The SMILES string of the molecule is COC(=O)c1cc2nccc(O)c2cc1OCc1ccccc1. The van der Waals surface area contributed by atoms with Crippen molar-refractivity contribution in [3.05, 3.63) is 65.9 Å². The molecule has 0 atom stereocenters. The second-order valence-electron chi connectivity index (χ2n) is 4.96. The summed E-state index contributed by atoms with van der Waals surface area (Å²) >= 11 is 0. The Morgan fingerprint density at radius 3 is 2.70 bits per heavy atom. The van der Waals surface area contributed by atoms with Gasteiger partial charge in [-0.1, -0.05) is 30.3 Å². The zero-order chi connectivity index (χ0) is 16.2. The minimum absolute atomic E-state index is 0.0796. The summed E-state index contributed by atoms with van der Waals surface area (Å²) in [5.41, 5.74) is 1.74. The number of benzene rings is 2. The number of hydrogen-bond acceptors (Lipinski definition) is 5. The fourth-order valence-electron chi connectivity index (χ4n) is 2.28. The van der Waals surface area contributed by atoms with Gasteiger partial charge in [0.1, 0.15) is 23.7 Å². The Bertz CT molecular complexity index is 846. The number of methoxy groups -OCH3 is 1. The Morgan fingerprint density at radius 2 is 1.96 bits per heavy atom. The maximum Gasteiger partial charge on any atom is 0.341 e. The van der Waals surface area contributed by atoms with E-state index < -0.39 is 5.97 Å². The first-order valence-electron chi connectivity index (χ1n) is 7.06. The van der Waals surface area contributed by atoms with Crippen molar-refractivity contribution in [1.29, 1.82) is 0 Å². The fourth-order valence-corrected chi connectivity index (χ4v) is 2.28. The van der Waals surface area contributed by atoms with Crippen LogP contribution in [0.1, 0.15) is 15.9 Å². The van der Waals surface area contributed by atoms with Crippen LogP contribution in [-0.2, 0) is 11.3 Å². The summed E-state index contributed by atoms with van der Waals surface area (Å²) in [6.07, 6.45) is 1.48. The number of rotatable bonds is 4. The van der Waals surface area contributed by atoms with Gasteiger partial charge in [-0.2, -0.15) is 0 Å². The molecule has 3 rings (SSSR count). The summed E-state index contributed by atoms with van der Waals surface area (Å²) in [7, 11) is 1.31. The first-order valence-corrected chi connectivity index (χ1v) is 7.06. The van der Waals surface area contributed by atoms with Crippen LogP contribution in [0, 0.1) is 0 Å². The number of carbonyl (C=O) groups is 1. The number of carbonyl (C=O) groups excluding carboxylic acids is 1. The van der Waals surface area contributed by atoms with Gasteiger partial charge in [0.15, 0.2) is 0 Å². The van der Waals surface area contributed by atoms with Gasteiger partial charge in [0, 0.05) is 11.6 Å². The number of fused-ring (bicyclic) bond motifs is 1. The van der Waals surface area contributed by atoms with Crippen molar-refractivity contribution in [2.24, 2.45) is 0 Å². The van der Waals surface area contributed by atoms with E-state index in [1.807, 2.05) is 30.3 Å². The summed E-state index contributed by atoms with van der Waals surface area (Å²) in [6.45, 7) is 0.303. The number of ether oxygens (including phenoxy) is 2. The van der Waals surface area contributed by atoms with Crippen LogP contribution in [0.15, 0.2) is 54.7 Å². The molecule has 0 amide bonds. The Morgan fingerprint density at radius 1 is 1.17 bits per heavy atom. The summed E-state index contributed by atoms with van der Waals surface area (Å²) in [5.74, 6) is -0.0902. The van der Waals surface area contributed by atoms with E-state index in [-0.39, 0.29) is 11.3 Å². The van der Waals surface area contributed by atoms with Crippen LogP contribution in [0.3, 0.4) is 0 Å². The highest BCUT2D eigenvalue weighted by atomic mass is 16.5. The third-order valence-electron chi connectivity index (χ3n) is 3.46. The van der Waals surface area contributed by atoms with Crippen molar-refractivity contribution in [1.82, 2.24) is 4.98 Å². The van der Waals surface area contributed by atoms with E-state index in [0.29, 0.717) is 23.3 Å². The molecule has 0 aliphatic carbocycles. The van der Waals surface area contributed by atoms with Gasteiger partial charge >= 0.3 is 5.97 Å². The molecule has 0 bridgehead atoms. The highest BCUT2D eigenvalue weighted by Gasteiger charge is 2.16. The molecular weight excluding hydrogens is 294 g/mol. The maximum absolute atomic E-state index is 12.0. The first kappa shape index (κ1) is 14.8. The van der Waals surface area contributed by atoms with E-state index in [9.17, 15) is 9.90 Å². The molecule has 0 aliphatic rings. The van der Waals surface area contributed by atoms with Crippen LogP contribution in [0.5, 0.6) is 11.5 Å².